The van der Waals surface area contributed by atoms with Crippen molar-refractivity contribution in [2.75, 3.05) is 5.32 Å². The third-order valence-corrected chi connectivity index (χ3v) is 5.16. The molecule has 154 valence electrons. The van der Waals surface area contributed by atoms with Crippen LogP contribution in [0, 0.1) is 20.8 Å². The minimum Gasteiger partial charge on any atom is -0.478 e. The first kappa shape index (κ1) is 21.3. The van der Waals surface area contributed by atoms with Crippen LogP contribution < -0.4 is 10.7 Å². The van der Waals surface area contributed by atoms with E-state index < -0.39 is 12.0 Å². The Morgan fingerprint density at radius 2 is 1.77 bits per heavy atom. The summed E-state index contributed by atoms with van der Waals surface area (Å²) in [4.78, 5) is 23.2. The van der Waals surface area contributed by atoms with Crippen LogP contribution in [0.15, 0.2) is 58.1 Å². The van der Waals surface area contributed by atoms with Gasteiger partial charge in [-0.2, -0.15) is 5.10 Å². The number of halogens is 1. The van der Waals surface area contributed by atoms with Gasteiger partial charge >= 0.3 is 12.0 Å². The Bertz CT molecular complexity index is 1130. The third kappa shape index (κ3) is 4.77. The van der Waals surface area contributed by atoms with E-state index in [0.717, 1.165) is 32.7 Å². The molecule has 1 aromatic heterocycles. The van der Waals surface area contributed by atoms with E-state index >= 15 is 0 Å². The number of hydrazone groups is 1. The van der Waals surface area contributed by atoms with E-state index in [1.165, 1.54) is 0 Å². The smallest absolute Gasteiger partial charge is 0.339 e. The van der Waals surface area contributed by atoms with Crippen LogP contribution in [0.5, 0.6) is 0 Å². The lowest BCUT2D eigenvalue weighted by atomic mass is 10.1. The molecular formula is C22H21BrN4O3. The Hall–Kier alpha value is -3.39. The largest absolute Gasteiger partial charge is 0.478 e. The molecule has 2 aromatic carbocycles. The predicted molar refractivity (Wildman–Crippen MR) is 121 cm³/mol. The lowest BCUT2D eigenvalue weighted by Crippen LogP contribution is -2.24. The van der Waals surface area contributed by atoms with Crippen LogP contribution in [0.3, 0.4) is 0 Å². The van der Waals surface area contributed by atoms with Crippen molar-refractivity contribution in [2.45, 2.75) is 20.8 Å². The molecular weight excluding hydrogens is 448 g/mol. The highest BCUT2D eigenvalue weighted by atomic mass is 79.9. The number of hydrogen-bond acceptors (Lipinski definition) is 3. The summed E-state index contributed by atoms with van der Waals surface area (Å²) in [5, 5.41) is 15.9. The second-order valence-electron chi connectivity index (χ2n) is 6.80. The van der Waals surface area contributed by atoms with Crippen molar-refractivity contribution in [2.24, 2.45) is 5.10 Å². The molecule has 0 atom stereocenters. The molecule has 0 aliphatic carbocycles. The summed E-state index contributed by atoms with van der Waals surface area (Å²) in [7, 11) is 0. The van der Waals surface area contributed by atoms with Crippen LogP contribution >= 0.6 is 15.9 Å². The third-order valence-electron chi connectivity index (χ3n) is 4.63. The zero-order valence-corrected chi connectivity index (χ0v) is 18.3. The van der Waals surface area contributed by atoms with Crippen molar-refractivity contribution in [3.05, 3.63) is 81.1 Å². The van der Waals surface area contributed by atoms with E-state index in [4.69, 9.17) is 5.11 Å². The Kier molecular flexibility index (Phi) is 6.37. The Balaban J connectivity index is 1.74. The standard InChI is InChI=1S/C22H21BrN4O3/c1-13-10-16(21(28)29)4-9-20(13)27-14(2)11-17(15(27)3)12-24-26-22(30)25-19-7-5-18(23)6-8-19/h4-12H,1-3H3,(H,28,29)(H2,25,26,30)/b24-12+. The number of carbonyl (C=O) groups is 2. The fourth-order valence-corrected chi connectivity index (χ4v) is 3.45. The molecule has 0 saturated carbocycles. The van der Waals surface area contributed by atoms with E-state index in [9.17, 15) is 9.59 Å². The summed E-state index contributed by atoms with van der Waals surface area (Å²) < 4.78 is 2.96. The summed E-state index contributed by atoms with van der Waals surface area (Å²) in [6.07, 6.45) is 1.58. The van der Waals surface area contributed by atoms with Crippen LogP contribution in [-0.4, -0.2) is 27.9 Å². The molecule has 0 spiro atoms. The lowest BCUT2D eigenvalue weighted by Gasteiger charge is -2.13. The Morgan fingerprint density at radius 3 is 2.40 bits per heavy atom. The normalized spacial score (nSPS) is 10.9. The molecule has 2 amide bonds. The fourth-order valence-electron chi connectivity index (χ4n) is 3.18. The molecule has 0 fully saturated rings. The first-order valence-electron chi connectivity index (χ1n) is 9.15. The van der Waals surface area contributed by atoms with Gasteiger partial charge in [0.1, 0.15) is 0 Å². The molecule has 0 saturated heterocycles. The number of urea groups is 1. The van der Waals surface area contributed by atoms with Crippen molar-refractivity contribution in [1.82, 2.24) is 9.99 Å². The number of carbonyl (C=O) groups excluding carboxylic acids is 1. The quantitative estimate of drug-likeness (QED) is 0.362. The van der Waals surface area contributed by atoms with Crippen molar-refractivity contribution in [3.63, 3.8) is 0 Å². The van der Waals surface area contributed by atoms with Gasteiger partial charge in [-0.25, -0.2) is 15.0 Å². The summed E-state index contributed by atoms with van der Waals surface area (Å²) in [6, 6.07) is 13.8. The molecule has 0 unspecified atom stereocenters. The van der Waals surface area contributed by atoms with Crippen LogP contribution in [0.4, 0.5) is 10.5 Å². The number of anilines is 1. The van der Waals surface area contributed by atoms with Crippen molar-refractivity contribution in [1.29, 1.82) is 0 Å². The highest BCUT2D eigenvalue weighted by Gasteiger charge is 2.13. The van der Waals surface area contributed by atoms with Gasteiger partial charge in [0.05, 0.1) is 11.8 Å². The van der Waals surface area contributed by atoms with Crippen LogP contribution in [-0.2, 0) is 0 Å². The second kappa shape index (κ2) is 8.96. The van der Waals surface area contributed by atoms with Gasteiger partial charge in [0.2, 0.25) is 0 Å². The number of nitrogens with one attached hydrogen (secondary N) is 2. The predicted octanol–water partition coefficient (Wildman–Crippen LogP) is 5.02. The topological polar surface area (TPSA) is 95.7 Å². The van der Waals surface area contributed by atoms with Gasteiger partial charge in [0, 0.05) is 32.8 Å². The zero-order valence-electron chi connectivity index (χ0n) is 16.7. The molecule has 0 radical (unpaired) electrons. The van der Waals surface area contributed by atoms with Gasteiger partial charge in [-0.05, 0) is 74.9 Å². The van der Waals surface area contributed by atoms with Crippen LogP contribution in [0.1, 0.15) is 32.9 Å². The van der Waals surface area contributed by atoms with Gasteiger partial charge < -0.3 is 15.0 Å². The molecule has 0 aliphatic heterocycles. The van der Waals surface area contributed by atoms with Gasteiger partial charge in [-0.1, -0.05) is 15.9 Å². The number of benzene rings is 2. The Morgan fingerprint density at radius 1 is 1.07 bits per heavy atom. The van der Waals surface area contributed by atoms with E-state index in [1.807, 2.05) is 43.5 Å². The first-order chi connectivity index (χ1) is 14.3. The molecule has 3 aromatic rings. The number of rotatable bonds is 5. The second-order valence-corrected chi connectivity index (χ2v) is 7.71. The molecule has 3 rings (SSSR count). The maximum absolute atomic E-state index is 12.0. The van der Waals surface area contributed by atoms with Gasteiger partial charge in [-0.3, -0.25) is 0 Å². The van der Waals surface area contributed by atoms with Crippen LogP contribution in [0.25, 0.3) is 5.69 Å². The molecule has 0 bridgehead atoms. The zero-order chi connectivity index (χ0) is 21.8. The first-order valence-corrected chi connectivity index (χ1v) is 9.94. The number of carboxylic acid groups (broad SMARTS) is 1. The van der Waals surface area contributed by atoms with Crippen molar-refractivity contribution < 1.29 is 14.7 Å². The number of aromatic nitrogens is 1. The minimum absolute atomic E-state index is 0.251. The van der Waals surface area contributed by atoms with E-state index in [1.54, 1.807) is 36.5 Å². The van der Waals surface area contributed by atoms with Crippen LogP contribution in [0.2, 0.25) is 0 Å². The number of aryl methyl sites for hydroxylation is 2. The van der Waals surface area contributed by atoms with E-state index in [0.29, 0.717) is 5.69 Å². The average Bonchev–Trinajstić information content (AvgIpc) is 2.97. The SMILES string of the molecule is Cc1cc(C(=O)O)ccc1-n1c(C)cc(/C=N/NC(=O)Nc2ccc(Br)cc2)c1C. The Labute approximate surface area is 182 Å². The molecule has 7 nitrogen and oxygen atoms in total. The maximum atomic E-state index is 12.0. The number of amides is 2. The van der Waals surface area contributed by atoms with Gasteiger partial charge in [0.25, 0.3) is 0 Å². The number of carboxylic acids is 1. The summed E-state index contributed by atoms with van der Waals surface area (Å²) in [5.41, 5.74) is 7.86. The maximum Gasteiger partial charge on any atom is 0.339 e. The van der Waals surface area contributed by atoms with Crippen molar-refractivity contribution in [3.8, 4) is 5.69 Å². The number of aromatic carboxylic acids is 1. The summed E-state index contributed by atoms with van der Waals surface area (Å²) in [5.74, 6) is -0.953. The highest BCUT2D eigenvalue weighted by molar-refractivity contribution is 9.10. The monoisotopic (exact) mass is 468 g/mol. The molecule has 8 heteroatoms. The molecule has 30 heavy (non-hydrogen) atoms. The number of hydrogen-bond donors (Lipinski definition) is 3. The van der Waals surface area contributed by atoms with Gasteiger partial charge in [0.15, 0.2) is 0 Å². The highest BCUT2D eigenvalue weighted by Crippen LogP contribution is 2.23. The molecule has 1 heterocycles. The average molecular weight is 469 g/mol. The summed E-state index contributed by atoms with van der Waals surface area (Å²) in [6.45, 7) is 5.78. The van der Waals surface area contributed by atoms with E-state index in [2.05, 4.69) is 31.8 Å². The lowest BCUT2D eigenvalue weighted by molar-refractivity contribution is 0.0696. The minimum atomic E-state index is -0.953. The van der Waals surface area contributed by atoms with Crippen molar-refractivity contribution >= 4 is 39.8 Å². The number of nitrogens with zero attached hydrogens (tertiary/aromatic N) is 2. The molecule has 3 N–H and O–H groups in total. The van der Waals surface area contributed by atoms with Gasteiger partial charge in [-0.15, -0.1) is 0 Å². The fraction of sp³-hybridized carbons (Fsp3) is 0.136. The molecule has 0 aliphatic rings. The summed E-state index contributed by atoms with van der Waals surface area (Å²) >= 11 is 3.35. The van der Waals surface area contributed by atoms with E-state index in [-0.39, 0.29) is 5.56 Å².